The van der Waals surface area contributed by atoms with Crippen molar-refractivity contribution in [2.75, 3.05) is 41.9 Å². The van der Waals surface area contributed by atoms with Crippen LogP contribution in [0.3, 0.4) is 0 Å². The number of fused-ring (bicyclic) bond motifs is 1. The molecule has 3 aromatic carbocycles. The molecule has 0 saturated carbocycles. The highest BCUT2D eigenvalue weighted by molar-refractivity contribution is 5.86. The van der Waals surface area contributed by atoms with Gasteiger partial charge in [-0.1, -0.05) is 42.5 Å². The van der Waals surface area contributed by atoms with Gasteiger partial charge in [-0.25, -0.2) is 5.43 Å². The zero-order valence-corrected chi connectivity index (χ0v) is 18.7. The number of aromatic nitrogens is 3. The van der Waals surface area contributed by atoms with Crippen LogP contribution in [0.5, 0.6) is 0 Å². The maximum absolute atomic E-state index is 11.0. The molecular weight excluding hydrogens is 448 g/mol. The largest absolute Gasteiger partial charge is 0.378 e. The number of non-ortho nitro benzene ring substituents is 1. The molecule has 0 amide bonds. The number of anilines is 4. The van der Waals surface area contributed by atoms with Gasteiger partial charge in [0.15, 0.2) is 0 Å². The Morgan fingerprint density at radius 3 is 2.57 bits per heavy atom. The highest BCUT2D eigenvalue weighted by Gasteiger charge is 2.17. The number of nitrogens with one attached hydrogen (secondary N) is 2. The number of nitro benzene ring substituents is 1. The third-order valence-corrected chi connectivity index (χ3v) is 5.38. The molecular formula is C24H22N8O3. The number of hydrogen-bond acceptors (Lipinski definition) is 10. The van der Waals surface area contributed by atoms with Crippen molar-refractivity contribution in [1.29, 1.82) is 0 Å². The Balaban J connectivity index is 1.40. The van der Waals surface area contributed by atoms with Crippen LogP contribution in [-0.2, 0) is 4.74 Å². The molecule has 0 radical (unpaired) electrons. The summed E-state index contributed by atoms with van der Waals surface area (Å²) in [6.07, 6.45) is 1.47. The van der Waals surface area contributed by atoms with Crippen LogP contribution in [0.2, 0.25) is 0 Å². The van der Waals surface area contributed by atoms with E-state index in [-0.39, 0.29) is 11.6 Å². The van der Waals surface area contributed by atoms with E-state index >= 15 is 0 Å². The van der Waals surface area contributed by atoms with Crippen molar-refractivity contribution in [2.24, 2.45) is 5.10 Å². The Morgan fingerprint density at radius 1 is 0.943 bits per heavy atom. The van der Waals surface area contributed by atoms with E-state index in [1.54, 1.807) is 12.1 Å². The summed E-state index contributed by atoms with van der Waals surface area (Å²) in [5.41, 5.74) is 4.22. The number of ether oxygens (including phenoxy) is 1. The molecule has 11 nitrogen and oxygen atoms in total. The third kappa shape index (κ3) is 5.47. The molecule has 1 saturated heterocycles. The fraction of sp³-hybridized carbons (Fsp3) is 0.167. The summed E-state index contributed by atoms with van der Waals surface area (Å²) in [4.78, 5) is 26.1. The lowest BCUT2D eigenvalue weighted by Crippen LogP contribution is -2.37. The monoisotopic (exact) mass is 470 g/mol. The summed E-state index contributed by atoms with van der Waals surface area (Å²) in [5, 5.41) is 20.7. The van der Waals surface area contributed by atoms with Crippen LogP contribution >= 0.6 is 0 Å². The van der Waals surface area contributed by atoms with Gasteiger partial charge in [0.25, 0.3) is 5.69 Å². The van der Waals surface area contributed by atoms with E-state index < -0.39 is 4.92 Å². The first-order valence-electron chi connectivity index (χ1n) is 11.0. The predicted molar refractivity (Wildman–Crippen MR) is 134 cm³/mol. The molecule has 0 unspecified atom stereocenters. The SMILES string of the molecule is O=[N+]([O-])c1cccc(/C=N/Nc2nc(Nc3ccc4ccccc4c3)nc(N3CCOCC3)n2)c1. The van der Waals surface area contributed by atoms with Crippen LogP contribution in [0.4, 0.5) is 29.2 Å². The number of benzene rings is 3. The van der Waals surface area contributed by atoms with E-state index in [4.69, 9.17) is 4.74 Å². The second-order valence-electron chi connectivity index (χ2n) is 7.79. The van der Waals surface area contributed by atoms with Gasteiger partial charge in [-0.2, -0.15) is 20.1 Å². The Hall–Kier alpha value is -4.64. The van der Waals surface area contributed by atoms with E-state index in [0.29, 0.717) is 43.8 Å². The van der Waals surface area contributed by atoms with Crippen LogP contribution in [0.1, 0.15) is 5.56 Å². The summed E-state index contributed by atoms with van der Waals surface area (Å²) in [6, 6.07) is 20.3. The van der Waals surface area contributed by atoms with E-state index in [1.807, 2.05) is 41.3 Å². The van der Waals surface area contributed by atoms with Gasteiger partial charge >= 0.3 is 0 Å². The molecule has 2 N–H and O–H groups in total. The lowest BCUT2D eigenvalue weighted by atomic mass is 10.1. The number of rotatable bonds is 7. The molecule has 1 fully saturated rings. The Bertz CT molecular complexity index is 1390. The number of nitro groups is 1. The summed E-state index contributed by atoms with van der Waals surface area (Å²) in [5.74, 6) is 1.11. The van der Waals surface area contributed by atoms with Gasteiger partial charge in [-0.05, 0) is 22.9 Å². The van der Waals surface area contributed by atoms with Gasteiger partial charge < -0.3 is 15.0 Å². The molecule has 1 aliphatic heterocycles. The lowest BCUT2D eigenvalue weighted by molar-refractivity contribution is -0.384. The molecule has 5 rings (SSSR count). The van der Waals surface area contributed by atoms with E-state index in [1.165, 1.54) is 18.3 Å². The van der Waals surface area contributed by atoms with Crippen LogP contribution < -0.4 is 15.6 Å². The minimum Gasteiger partial charge on any atom is -0.378 e. The molecule has 0 aliphatic carbocycles. The third-order valence-electron chi connectivity index (χ3n) is 5.38. The summed E-state index contributed by atoms with van der Waals surface area (Å²) in [7, 11) is 0. The molecule has 1 aromatic heterocycles. The van der Waals surface area contributed by atoms with Gasteiger partial charge in [-0.15, -0.1) is 0 Å². The molecule has 35 heavy (non-hydrogen) atoms. The van der Waals surface area contributed by atoms with Crippen LogP contribution in [0, 0.1) is 10.1 Å². The average Bonchev–Trinajstić information content (AvgIpc) is 2.89. The van der Waals surface area contributed by atoms with Gasteiger partial charge in [0.05, 0.1) is 24.4 Å². The van der Waals surface area contributed by atoms with E-state index in [0.717, 1.165) is 16.5 Å². The van der Waals surface area contributed by atoms with E-state index in [9.17, 15) is 10.1 Å². The number of hydrogen-bond donors (Lipinski definition) is 2. The first-order chi connectivity index (χ1) is 17.1. The van der Waals surface area contributed by atoms with Gasteiger partial charge in [0, 0.05) is 36.5 Å². The predicted octanol–water partition coefficient (Wildman–Crippen LogP) is 3.96. The number of hydrazone groups is 1. The maximum Gasteiger partial charge on any atom is 0.270 e. The van der Waals surface area contributed by atoms with Gasteiger partial charge in [-0.3, -0.25) is 10.1 Å². The second kappa shape index (κ2) is 10.1. The van der Waals surface area contributed by atoms with E-state index in [2.05, 4.69) is 36.9 Å². The standard InChI is InChI=1S/C24H22N8O3/c33-32(34)21-7-3-4-17(14-21)16-25-30-23-27-22(28-24(29-23)31-10-12-35-13-11-31)26-20-9-8-18-5-1-2-6-19(18)15-20/h1-9,14-16H,10-13H2,(H2,26,27,28,29,30)/b25-16+. The van der Waals surface area contributed by atoms with Crippen molar-refractivity contribution >= 4 is 46.2 Å². The first kappa shape index (κ1) is 22.2. The molecule has 2 heterocycles. The molecule has 0 spiro atoms. The number of nitrogens with zero attached hydrogens (tertiary/aromatic N) is 6. The maximum atomic E-state index is 11.0. The average molecular weight is 470 g/mol. The Morgan fingerprint density at radius 2 is 1.74 bits per heavy atom. The van der Waals surface area contributed by atoms with Crippen molar-refractivity contribution in [2.45, 2.75) is 0 Å². The molecule has 1 aliphatic rings. The highest BCUT2D eigenvalue weighted by atomic mass is 16.6. The molecule has 176 valence electrons. The topological polar surface area (TPSA) is 131 Å². The molecule has 0 bridgehead atoms. The molecule has 0 atom stereocenters. The smallest absolute Gasteiger partial charge is 0.270 e. The Kier molecular flexibility index (Phi) is 6.39. The first-order valence-corrected chi connectivity index (χ1v) is 11.0. The van der Waals surface area contributed by atoms with Crippen molar-refractivity contribution in [1.82, 2.24) is 15.0 Å². The highest BCUT2D eigenvalue weighted by Crippen LogP contribution is 2.23. The van der Waals surface area contributed by atoms with Crippen molar-refractivity contribution in [3.8, 4) is 0 Å². The minimum atomic E-state index is -0.448. The summed E-state index contributed by atoms with van der Waals surface area (Å²) < 4.78 is 5.44. The van der Waals surface area contributed by atoms with Crippen molar-refractivity contribution in [3.05, 3.63) is 82.4 Å². The van der Waals surface area contributed by atoms with Crippen LogP contribution in [-0.4, -0.2) is 52.4 Å². The fourth-order valence-electron chi connectivity index (χ4n) is 3.65. The second-order valence-corrected chi connectivity index (χ2v) is 7.79. The van der Waals surface area contributed by atoms with Crippen molar-refractivity contribution in [3.63, 3.8) is 0 Å². The zero-order valence-electron chi connectivity index (χ0n) is 18.7. The zero-order chi connectivity index (χ0) is 24.0. The number of morpholine rings is 1. The van der Waals surface area contributed by atoms with Crippen LogP contribution in [0.25, 0.3) is 10.8 Å². The lowest BCUT2D eigenvalue weighted by Gasteiger charge is -2.27. The summed E-state index contributed by atoms with van der Waals surface area (Å²) in [6.45, 7) is 2.51. The molecule has 4 aromatic rings. The van der Waals surface area contributed by atoms with Gasteiger partial charge in [0.1, 0.15) is 0 Å². The van der Waals surface area contributed by atoms with Crippen molar-refractivity contribution < 1.29 is 9.66 Å². The normalized spacial score (nSPS) is 13.8. The summed E-state index contributed by atoms with van der Waals surface area (Å²) >= 11 is 0. The fourth-order valence-corrected chi connectivity index (χ4v) is 3.65. The minimum absolute atomic E-state index is 0.00872. The Labute approximate surface area is 200 Å². The van der Waals surface area contributed by atoms with Crippen LogP contribution in [0.15, 0.2) is 71.8 Å². The quantitative estimate of drug-likeness (QED) is 0.234. The van der Waals surface area contributed by atoms with Gasteiger partial charge in [0.2, 0.25) is 17.8 Å². The molecule has 11 heteroatoms.